The van der Waals surface area contributed by atoms with Crippen molar-refractivity contribution in [1.82, 2.24) is 46.9 Å². The fourth-order valence-corrected chi connectivity index (χ4v) is 10.7. The highest BCUT2D eigenvalue weighted by Gasteiger charge is 2.42. The SMILES string of the molecule is [N-]=[N+]=NCCOCCOCCOCCNC(=O)c1ccc(/N=N/c2cc(CCNC(=O)C(Cc3cn(CCOCCOCCOCCNC(=O)c4ccc(C(=O)c5ccccc5)cc4)nn3)NC(=O)CCCC[C@@H]3SC[C@@H]4NC(=O)N[C@@H]43)ccc2O)cc1. The number of aromatic hydroxyl groups is 1. The van der Waals surface area contributed by atoms with Crippen LogP contribution in [0.4, 0.5) is 16.2 Å². The number of rotatable bonds is 42. The van der Waals surface area contributed by atoms with E-state index in [2.05, 4.69) is 62.5 Å². The van der Waals surface area contributed by atoms with Gasteiger partial charge in [-0.15, -0.1) is 10.2 Å². The first kappa shape index (κ1) is 67.2. The van der Waals surface area contributed by atoms with Crippen LogP contribution in [0, 0.1) is 0 Å². The number of phenolic OH excluding ortho intramolecular Hbond substituents is 1. The number of urea groups is 1. The molecule has 6 amide bonds. The van der Waals surface area contributed by atoms with E-state index in [0.29, 0.717) is 145 Å². The van der Waals surface area contributed by atoms with E-state index < -0.39 is 11.9 Å². The molecule has 88 heavy (non-hydrogen) atoms. The van der Waals surface area contributed by atoms with E-state index >= 15 is 0 Å². The quantitative estimate of drug-likeness (QED) is 0.00650. The number of carbonyl (C=O) groups excluding carboxylic acids is 6. The minimum Gasteiger partial charge on any atom is -0.506 e. The van der Waals surface area contributed by atoms with Gasteiger partial charge in [-0.3, -0.25) is 24.0 Å². The van der Waals surface area contributed by atoms with E-state index in [1.807, 2.05) is 17.8 Å². The van der Waals surface area contributed by atoms with Crippen molar-refractivity contribution < 1.29 is 62.3 Å². The smallest absolute Gasteiger partial charge is 0.315 e. The number of benzene rings is 4. The Bertz CT molecular complexity index is 3080. The van der Waals surface area contributed by atoms with Crippen molar-refractivity contribution in [2.24, 2.45) is 15.3 Å². The van der Waals surface area contributed by atoms with Crippen LogP contribution in [0.1, 0.15) is 73.6 Å². The lowest BCUT2D eigenvalue weighted by atomic mass is 10.0. The Morgan fingerprint density at radius 2 is 1.32 bits per heavy atom. The Labute approximate surface area is 513 Å². The summed E-state index contributed by atoms with van der Waals surface area (Å²) in [5.41, 5.74) is 12.1. The monoisotopic (exact) mass is 1230 g/mol. The number of unbranched alkanes of at least 4 members (excludes halogenated alkanes) is 1. The lowest BCUT2D eigenvalue weighted by molar-refractivity contribution is -0.129. The van der Waals surface area contributed by atoms with Crippen LogP contribution < -0.4 is 31.9 Å². The highest BCUT2D eigenvalue weighted by molar-refractivity contribution is 8.00. The number of phenols is 1. The fraction of sp³-hybridized carbons (Fsp3) is 0.467. The molecule has 3 heterocycles. The number of nitrogens with zero attached hydrogens (tertiary/aromatic N) is 8. The molecule has 27 nitrogen and oxygen atoms in total. The third-order valence-corrected chi connectivity index (χ3v) is 15.3. The predicted molar refractivity (Wildman–Crippen MR) is 325 cm³/mol. The number of hydrogen-bond acceptors (Lipinski definition) is 19. The van der Waals surface area contributed by atoms with Gasteiger partial charge in [-0.2, -0.15) is 16.9 Å². The van der Waals surface area contributed by atoms with Gasteiger partial charge >= 0.3 is 6.03 Å². The van der Waals surface area contributed by atoms with Crippen LogP contribution in [0.5, 0.6) is 5.75 Å². The van der Waals surface area contributed by atoms with E-state index in [4.69, 9.17) is 34.0 Å². The summed E-state index contributed by atoms with van der Waals surface area (Å²) in [7, 11) is 0. The van der Waals surface area contributed by atoms with Crippen LogP contribution in [-0.4, -0.2) is 190 Å². The maximum absolute atomic E-state index is 13.8. The molecule has 2 saturated heterocycles. The molecule has 4 atom stereocenters. The number of ketones is 1. The normalized spacial score (nSPS) is 15.4. The van der Waals surface area contributed by atoms with Crippen molar-refractivity contribution in [3.05, 3.63) is 147 Å². The highest BCUT2D eigenvalue weighted by Crippen LogP contribution is 2.33. The van der Waals surface area contributed by atoms with Crippen LogP contribution in [0.25, 0.3) is 10.4 Å². The first-order chi connectivity index (χ1) is 43.0. The minimum atomic E-state index is -0.962. The number of amides is 6. The summed E-state index contributed by atoms with van der Waals surface area (Å²) < 4.78 is 34.7. The second kappa shape index (κ2) is 38.0. The number of aromatic nitrogens is 3. The number of hydrogen-bond donors (Lipinski definition) is 7. The molecule has 7 rings (SSSR count). The lowest BCUT2D eigenvalue weighted by Gasteiger charge is -2.18. The zero-order chi connectivity index (χ0) is 62.0. The summed E-state index contributed by atoms with van der Waals surface area (Å²) in [6.45, 7) is 5.44. The van der Waals surface area contributed by atoms with Crippen molar-refractivity contribution in [1.29, 1.82) is 0 Å². The molecular formula is C60H76N14O13S. The zero-order valence-corrected chi connectivity index (χ0v) is 49.7. The topological polar surface area (TPSA) is 354 Å². The third kappa shape index (κ3) is 23.7. The summed E-state index contributed by atoms with van der Waals surface area (Å²) >= 11 is 1.82. The molecule has 28 heteroatoms. The maximum Gasteiger partial charge on any atom is 0.315 e. The molecule has 0 aliphatic carbocycles. The number of carbonyl (C=O) groups is 6. The predicted octanol–water partition coefficient (Wildman–Crippen LogP) is 5.31. The molecule has 0 radical (unpaired) electrons. The number of thioether (sulfide) groups is 1. The van der Waals surface area contributed by atoms with Gasteiger partial charge in [-0.1, -0.05) is 65.3 Å². The summed E-state index contributed by atoms with van der Waals surface area (Å²) in [5.74, 6) is -0.617. The van der Waals surface area contributed by atoms with Gasteiger partial charge in [0.25, 0.3) is 11.8 Å². The number of ether oxygens (including phenoxy) is 6. The number of azo groups is 1. The number of azide groups is 1. The van der Waals surface area contributed by atoms with Crippen molar-refractivity contribution in [3.63, 3.8) is 0 Å². The van der Waals surface area contributed by atoms with Crippen molar-refractivity contribution in [3.8, 4) is 5.75 Å². The average molecular weight is 1230 g/mol. The highest BCUT2D eigenvalue weighted by atomic mass is 32.2. The molecule has 2 fully saturated rings. The van der Waals surface area contributed by atoms with Gasteiger partial charge in [0.1, 0.15) is 17.5 Å². The van der Waals surface area contributed by atoms with E-state index in [9.17, 15) is 33.9 Å². The van der Waals surface area contributed by atoms with Gasteiger partial charge in [0, 0.05) is 83.4 Å². The van der Waals surface area contributed by atoms with Crippen LogP contribution in [0.2, 0.25) is 0 Å². The van der Waals surface area contributed by atoms with Gasteiger partial charge in [-0.05, 0) is 78.9 Å². The van der Waals surface area contributed by atoms with Crippen LogP contribution in [-0.2, 0) is 57.4 Å². The Hall–Kier alpha value is -8.34. The maximum atomic E-state index is 13.8. The lowest BCUT2D eigenvalue weighted by Crippen LogP contribution is -2.48. The van der Waals surface area contributed by atoms with Gasteiger partial charge in [0.15, 0.2) is 5.78 Å². The molecule has 2 aliphatic rings. The third-order valence-electron chi connectivity index (χ3n) is 13.7. The Balaban J connectivity index is 0.786. The van der Waals surface area contributed by atoms with Crippen molar-refractivity contribution in [2.45, 2.75) is 68.4 Å². The number of nitrogens with one attached hydrogen (secondary N) is 6. The second-order valence-electron chi connectivity index (χ2n) is 20.2. The van der Waals surface area contributed by atoms with E-state index in [0.717, 1.165) is 24.2 Å². The first-order valence-corrected chi connectivity index (χ1v) is 30.3. The molecule has 470 valence electrons. The largest absolute Gasteiger partial charge is 0.506 e. The molecule has 0 spiro atoms. The molecular weight excluding hydrogens is 1160 g/mol. The van der Waals surface area contributed by atoms with Crippen molar-refractivity contribution in [2.75, 3.05) is 111 Å². The Morgan fingerprint density at radius 1 is 0.705 bits per heavy atom. The molecule has 1 aromatic heterocycles. The molecule has 0 bridgehead atoms. The van der Waals surface area contributed by atoms with Gasteiger partial charge in [0.05, 0.1) is 109 Å². The van der Waals surface area contributed by atoms with E-state index in [1.165, 1.54) is 6.07 Å². The van der Waals surface area contributed by atoms with Gasteiger partial charge < -0.3 is 65.4 Å². The van der Waals surface area contributed by atoms with Crippen LogP contribution in [0.3, 0.4) is 0 Å². The standard InChI is InChI=1S/C60H76N14O13S/c61-72-65-24-28-84-32-36-86-34-30-83-27-23-64-58(79)46-15-17-47(18-16-46)69-71-49-38-42(10-19-52(49)75)20-21-62-59(80)50(66-54(76)9-5-4-8-53-55-51(41-88-53)67-60(81)68-55)39-48-40-74(73-70-48)25-29-85-33-37-87-35-31-82-26-22-63-57(78)45-13-11-44(12-14-45)56(77)43-6-2-1-3-7-43/h1-3,6-7,10-19,38,40,50-51,53,55,75H,4-5,8-9,20-37,39,41H2,(H,62,80)(H,63,78)(H,64,79)(H,66,76)(H2,67,68,81)/b71-69+/t50?,51-,53-,55-/m0/s1. The van der Waals surface area contributed by atoms with E-state index in [1.54, 1.807) is 95.8 Å². The molecule has 1 unspecified atom stereocenters. The fourth-order valence-electron chi connectivity index (χ4n) is 9.15. The molecule has 0 saturated carbocycles. The van der Waals surface area contributed by atoms with Crippen LogP contribution in [0.15, 0.2) is 119 Å². The summed E-state index contributed by atoms with van der Waals surface area (Å²) in [4.78, 5) is 79.6. The Kier molecular flexibility index (Phi) is 29.0. The van der Waals surface area contributed by atoms with Crippen LogP contribution >= 0.6 is 11.8 Å². The van der Waals surface area contributed by atoms with Gasteiger partial charge in [-0.25, -0.2) is 9.48 Å². The van der Waals surface area contributed by atoms with Gasteiger partial charge in [0.2, 0.25) is 11.8 Å². The molecule has 4 aromatic carbocycles. The Morgan fingerprint density at radius 3 is 1.99 bits per heavy atom. The summed E-state index contributed by atoms with van der Waals surface area (Å²) in [6, 6.07) is 25.9. The number of fused-ring (bicyclic) bond motifs is 1. The minimum absolute atomic E-state index is 0.0745. The summed E-state index contributed by atoms with van der Waals surface area (Å²) in [6.07, 6.45) is 4.58. The first-order valence-electron chi connectivity index (χ1n) is 29.2. The summed E-state index contributed by atoms with van der Waals surface area (Å²) in [5, 5.41) is 48.7. The molecule has 2 aliphatic heterocycles. The van der Waals surface area contributed by atoms with E-state index in [-0.39, 0.29) is 84.2 Å². The molecule has 5 aromatic rings. The average Bonchev–Trinajstić information content (AvgIpc) is 4.24. The second-order valence-corrected chi connectivity index (χ2v) is 21.5. The van der Waals surface area contributed by atoms with Crippen molar-refractivity contribution >= 4 is 58.6 Å². The zero-order valence-electron chi connectivity index (χ0n) is 48.9. The molecule has 7 N–H and O–H groups in total.